The van der Waals surface area contributed by atoms with Crippen LogP contribution in [-0.4, -0.2) is 16.1 Å². The van der Waals surface area contributed by atoms with Gasteiger partial charge in [0.05, 0.1) is 11.0 Å². The maximum Gasteiger partial charge on any atom is 0.114 e. The van der Waals surface area contributed by atoms with Crippen LogP contribution in [0.15, 0.2) is 24.3 Å². The molecule has 0 amide bonds. The number of imidazole rings is 1. The van der Waals surface area contributed by atoms with Crippen LogP contribution in [0.2, 0.25) is 0 Å². The summed E-state index contributed by atoms with van der Waals surface area (Å²) in [5.41, 5.74) is 8.63. The van der Waals surface area contributed by atoms with Crippen LogP contribution in [0.1, 0.15) is 52.3 Å². The van der Waals surface area contributed by atoms with Crippen molar-refractivity contribution in [1.29, 1.82) is 0 Å². The molecule has 0 bridgehead atoms. The van der Waals surface area contributed by atoms with Crippen molar-refractivity contribution in [2.45, 2.75) is 53.0 Å². The van der Waals surface area contributed by atoms with Crippen LogP contribution < -0.4 is 5.73 Å². The summed E-state index contributed by atoms with van der Waals surface area (Å²) in [6.45, 7) is 10.7. The van der Waals surface area contributed by atoms with Crippen molar-refractivity contribution in [3.8, 4) is 0 Å². The van der Waals surface area contributed by atoms with Crippen molar-refractivity contribution in [3.05, 3.63) is 30.1 Å². The number of aryl methyl sites for hydroxylation is 1. The lowest BCUT2D eigenvalue weighted by Gasteiger charge is -2.25. The quantitative estimate of drug-likeness (QED) is 0.897. The first-order chi connectivity index (χ1) is 9.46. The van der Waals surface area contributed by atoms with E-state index in [-0.39, 0.29) is 5.41 Å². The van der Waals surface area contributed by atoms with E-state index in [1.807, 2.05) is 0 Å². The highest BCUT2D eigenvalue weighted by Gasteiger charge is 2.24. The number of benzene rings is 1. The molecule has 0 spiro atoms. The topological polar surface area (TPSA) is 43.8 Å². The van der Waals surface area contributed by atoms with Gasteiger partial charge in [0.15, 0.2) is 0 Å². The minimum absolute atomic E-state index is 0.263. The van der Waals surface area contributed by atoms with Crippen molar-refractivity contribution in [1.82, 2.24) is 9.55 Å². The summed E-state index contributed by atoms with van der Waals surface area (Å²) in [6.07, 6.45) is 2.18. The van der Waals surface area contributed by atoms with Gasteiger partial charge in [-0.3, -0.25) is 0 Å². The lowest BCUT2D eigenvalue weighted by atomic mass is 9.84. The zero-order valence-corrected chi connectivity index (χ0v) is 13.2. The highest BCUT2D eigenvalue weighted by atomic mass is 15.1. The molecule has 1 aromatic heterocycles. The molecule has 1 aromatic carbocycles. The fraction of sp³-hybridized carbons (Fsp3) is 0.588. The van der Waals surface area contributed by atoms with E-state index >= 15 is 0 Å². The lowest BCUT2D eigenvalue weighted by Crippen LogP contribution is -2.22. The average molecular weight is 273 g/mol. The number of hydrogen-bond donors (Lipinski definition) is 1. The molecule has 2 rings (SSSR count). The molecule has 0 saturated carbocycles. The van der Waals surface area contributed by atoms with Gasteiger partial charge >= 0.3 is 0 Å². The Balaban J connectivity index is 2.48. The number of fused-ring (bicyclic) bond motifs is 1. The second-order valence-corrected chi connectivity index (χ2v) is 6.81. The summed E-state index contributed by atoms with van der Waals surface area (Å²) in [7, 11) is 0. The predicted octanol–water partition coefficient (Wildman–Crippen LogP) is 3.92. The molecule has 1 unspecified atom stereocenters. The van der Waals surface area contributed by atoms with E-state index in [2.05, 4.69) is 56.5 Å². The Kier molecular flexibility index (Phi) is 4.48. The third-order valence-corrected chi connectivity index (χ3v) is 3.64. The smallest absolute Gasteiger partial charge is 0.114 e. The number of nitrogens with zero attached hydrogens (tertiary/aromatic N) is 2. The number of hydrogen-bond acceptors (Lipinski definition) is 2. The van der Waals surface area contributed by atoms with Crippen LogP contribution in [0, 0.1) is 5.41 Å². The van der Waals surface area contributed by atoms with E-state index in [1.54, 1.807) is 0 Å². The van der Waals surface area contributed by atoms with Gasteiger partial charge in [0.2, 0.25) is 0 Å². The Morgan fingerprint density at radius 3 is 2.55 bits per heavy atom. The minimum atomic E-state index is 0.263. The molecule has 110 valence electrons. The average Bonchev–Trinajstić information content (AvgIpc) is 2.75. The first-order valence-electron chi connectivity index (χ1n) is 7.61. The Hall–Kier alpha value is -1.35. The second kappa shape index (κ2) is 5.96. The fourth-order valence-electron chi connectivity index (χ4n) is 2.88. The van der Waals surface area contributed by atoms with Gasteiger partial charge in [0.25, 0.3) is 0 Å². The molecule has 2 aromatic rings. The minimum Gasteiger partial charge on any atom is -0.330 e. The maximum atomic E-state index is 6.05. The molecule has 0 aliphatic carbocycles. The molecule has 0 aliphatic rings. The number of aromatic nitrogens is 2. The van der Waals surface area contributed by atoms with Gasteiger partial charge in [-0.1, -0.05) is 39.8 Å². The number of rotatable bonds is 5. The number of para-hydroxylation sites is 2. The second-order valence-electron chi connectivity index (χ2n) is 6.81. The van der Waals surface area contributed by atoms with Crippen LogP contribution in [0.5, 0.6) is 0 Å². The summed E-state index contributed by atoms with van der Waals surface area (Å²) in [5.74, 6) is 1.49. The van der Waals surface area contributed by atoms with Gasteiger partial charge in [-0.05, 0) is 30.4 Å². The van der Waals surface area contributed by atoms with E-state index in [4.69, 9.17) is 10.7 Å². The Labute approximate surface area is 122 Å². The van der Waals surface area contributed by atoms with Crippen LogP contribution in [0.4, 0.5) is 0 Å². The maximum absolute atomic E-state index is 6.05. The lowest BCUT2D eigenvalue weighted by molar-refractivity contribution is 0.331. The van der Waals surface area contributed by atoms with Crippen LogP contribution in [0.3, 0.4) is 0 Å². The van der Waals surface area contributed by atoms with E-state index in [0.717, 1.165) is 30.7 Å². The van der Waals surface area contributed by atoms with Crippen molar-refractivity contribution in [2.24, 2.45) is 11.1 Å². The summed E-state index contributed by atoms with van der Waals surface area (Å²) in [4.78, 5) is 4.87. The summed E-state index contributed by atoms with van der Waals surface area (Å²) in [5, 5.41) is 0. The molecule has 3 heteroatoms. The Morgan fingerprint density at radius 1 is 1.25 bits per heavy atom. The zero-order chi connectivity index (χ0) is 14.8. The molecular formula is C17H27N3. The molecule has 3 nitrogen and oxygen atoms in total. The molecule has 1 heterocycles. The van der Waals surface area contributed by atoms with Gasteiger partial charge in [-0.15, -0.1) is 0 Å². The van der Waals surface area contributed by atoms with Crippen LogP contribution >= 0.6 is 0 Å². The number of nitrogens with two attached hydrogens (primary N) is 1. The van der Waals surface area contributed by atoms with Gasteiger partial charge in [-0.25, -0.2) is 4.98 Å². The van der Waals surface area contributed by atoms with Crippen LogP contribution in [0.25, 0.3) is 11.0 Å². The van der Waals surface area contributed by atoms with Gasteiger partial charge < -0.3 is 10.3 Å². The Morgan fingerprint density at radius 2 is 1.95 bits per heavy atom. The molecule has 0 aliphatic heterocycles. The van der Waals surface area contributed by atoms with Crippen molar-refractivity contribution in [2.75, 3.05) is 6.54 Å². The molecule has 0 radical (unpaired) electrons. The first-order valence-corrected chi connectivity index (χ1v) is 7.61. The first kappa shape index (κ1) is 15.0. The SMILES string of the molecule is CCCn1c(C(CN)CC(C)(C)C)nc2ccccc21. The molecule has 20 heavy (non-hydrogen) atoms. The molecular weight excluding hydrogens is 246 g/mol. The standard InChI is InChI=1S/C17H27N3/c1-5-10-20-15-9-7-6-8-14(15)19-16(20)13(12-18)11-17(2,3)4/h6-9,13H,5,10-12,18H2,1-4H3. The molecule has 0 saturated heterocycles. The highest BCUT2D eigenvalue weighted by Crippen LogP contribution is 2.32. The van der Waals surface area contributed by atoms with Crippen molar-refractivity contribution < 1.29 is 0 Å². The molecule has 1 atom stereocenters. The Bertz CT molecular complexity index is 563. The highest BCUT2D eigenvalue weighted by molar-refractivity contribution is 5.76. The van der Waals surface area contributed by atoms with Crippen molar-refractivity contribution >= 4 is 11.0 Å². The zero-order valence-electron chi connectivity index (χ0n) is 13.2. The van der Waals surface area contributed by atoms with Crippen molar-refractivity contribution in [3.63, 3.8) is 0 Å². The normalized spacial score (nSPS) is 13.8. The van der Waals surface area contributed by atoms with Gasteiger partial charge in [0.1, 0.15) is 5.82 Å². The van der Waals surface area contributed by atoms with E-state index in [9.17, 15) is 0 Å². The van der Waals surface area contributed by atoms with Gasteiger partial charge in [-0.2, -0.15) is 0 Å². The van der Waals surface area contributed by atoms with E-state index < -0.39 is 0 Å². The summed E-state index contributed by atoms with van der Waals surface area (Å²) < 4.78 is 2.36. The third kappa shape index (κ3) is 3.21. The van der Waals surface area contributed by atoms with E-state index in [0.29, 0.717) is 12.5 Å². The molecule has 2 N–H and O–H groups in total. The summed E-state index contributed by atoms with van der Waals surface area (Å²) >= 11 is 0. The predicted molar refractivity (Wildman–Crippen MR) is 85.9 cm³/mol. The van der Waals surface area contributed by atoms with Gasteiger partial charge in [0, 0.05) is 19.0 Å². The molecule has 0 fully saturated rings. The largest absolute Gasteiger partial charge is 0.330 e. The summed E-state index contributed by atoms with van der Waals surface area (Å²) in [6, 6.07) is 8.39. The van der Waals surface area contributed by atoms with Crippen LogP contribution in [-0.2, 0) is 6.54 Å². The monoisotopic (exact) mass is 273 g/mol. The fourth-order valence-corrected chi connectivity index (χ4v) is 2.88. The van der Waals surface area contributed by atoms with E-state index in [1.165, 1.54) is 5.52 Å². The third-order valence-electron chi connectivity index (χ3n) is 3.64.